The van der Waals surface area contributed by atoms with Crippen molar-refractivity contribution < 1.29 is 14.3 Å². The predicted molar refractivity (Wildman–Crippen MR) is 134 cm³/mol. The molecular weight excluding hydrogens is 456 g/mol. The number of nitrogens with zero attached hydrogens (tertiary/aromatic N) is 3. The van der Waals surface area contributed by atoms with E-state index in [0.29, 0.717) is 23.7 Å². The zero-order valence-corrected chi connectivity index (χ0v) is 21.2. The number of carbonyl (C=O) groups excluding carboxylic acids is 2. The van der Waals surface area contributed by atoms with Crippen molar-refractivity contribution in [3.8, 4) is 0 Å². The average Bonchev–Trinajstić information content (AvgIpc) is 3.41. The molecule has 2 aromatic rings. The van der Waals surface area contributed by atoms with Gasteiger partial charge in [-0.15, -0.1) is 28.1 Å². The van der Waals surface area contributed by atoms with Gasteiger partial charge in [-0.25, -0.2) is 4.79 Å². The molecule has 7 nitrogen and oxygen atoms in total. The number of hydrogen-bond donors (Lipinski definition) is 1. The Morgan fingerprint density at radius 2 is 2.09 bits per heavy atom. The van der Waals surface area contributed by atoms with Gasteiger partial charge in [0.15, 0.2) is 5.16 Å². The van der Waals surface area contributed by atoms with Crippen LogP contribution in [0.25, 0.3) is 0 Å². The number of ether oxygens (including phenoxy) is 1. The number of rotatable bonds is 12. The maximum Gasteiger partial charge on any atom is 0.341 e. The maximum absolute atomic E-state index is 12.7. The van der Waals surface area contributed by atoms with Gasteiger partial charge in [-0.1, -0.05) is 56.9 Å². The number of anilines is 1. The molecule has 180 valence electrons. The second-order valence-corrected chi connectivity index (χ2v) is 10.3. The van der Waals surface area contributed by atoms with Gasteiger partial charge in [0.25, 0.3) is 0 Å². The molecule has 2 heterocycles. The van der Waals surface area contributed by atoms with Gasteiger partial charge in [0.2, 0.25) is 5.91 Å². The molecule has 0 spiro atoms. The van der Waals surface area contributed by atoms with E-state index < -0.39 is 5.97 Å². The fourth-order valence-electron chi connectivity index (χ4n) is 4.09. The third-order valence-corrected chi connectivity index (χ3v) is 7.98. The highest BCUT2D eigenvalue weighted by Gasteiger charge is 2.20. The summed E-state index contributed by atoms with van der Waals surface area (Å²) in [5, 5.41) is 12.9. The summed E-state index contributed by atoms with van der Waals surface area (Å²) in [6, 6.07) is 1.80. The minimum absolute atomic E-state index is 0.180. The van der Waals surface area contributed by atoms with Crippen LogP contribution < -0.4 is 5.32 Å². The van der Waals surface area contributed by atoms with Gasteiger partial charge >= 0.3 is 5.97 Å². The second-order valence-electron chi connectivity index (χ2n) is 8.21. The first-order valence-electron chi connectivity index (χ1n) is 11.8. The van der Waals surface area contributed by atoms with Crippen molar-refractivity contribution in [3.63, 3.8) is 0 Å². The zero-order chi connectivity index (χ0) is 23.6. The van der Waals surface area contributed by atoms with Gasteiger partial charge in [0, 0.05) is 17.8 Å². The molecule has 0 aromatic carbocycles. The number of carbonyl (C=O) groups is 2. The highest BCUT2D eigenvalue weighted by molar-refractivity contribution is 7.99. The summed E-state index contributed by atoms with van der Waals surface area (Å²) in [6.07, 6.45) is 11.3. The van der Waals surface area contributed by atoms with E-state index in [0.717, 1.165) is 41.0 Å². The summed E-state index contributed by atoms with van der Waals surface area (Å²) >= 11 is 2.76. The molecule has 0 saturated heterocycles. The second kappa shape index (κ2) is 12.9. The maximum atomic E-state index is 12.7. The van der Waals surface area contributed by atoms with Gasteiger partial charge in [-0.05, 0) is 31.7 Å². The van der Waals surface area contributed by atoms with Crippen molar-refractivity contribution in [2.75, 3.05) is 17.7 Å². The number of esters is 1. The van der Waals surface area contributed by atoms with Gasteiger partial charge < -0.3 is 14.6 Å². The summed E-state index contributed by atoms with van der Waals surface area (Å²) in [5.74, 6) is 1.32. The van der Waals surface area contributed by atoms with Crippen LogP contribution in [0.2, 0.25) is 0 Å². The van der Waals surface area contributed by atoms with Crippen LogP contribution in [0.5, 0.6) is 0 Å². The number of amides is 1. The van der Waals surface area contributed by atoms with Crippen LogP contribution in [0, 0.1) is 5.92 Å². The topological polar surface area (TPSA) is 86.1 Å². The molecule has 1 saturated carbocycles. The molecule has 33 heavy (non-hydrogen) atoms. The Bertz CT molecular complexity index is 948. The lowest BCUT2D eigenvalue weighted by Gasteiger charge is -2.21. The first-order chi connectivity index (χ1) is 16.0. The Kier molecular flexibility index (Phi) is 9.99. The van der Waals surface area contributed by atoms with Crippen molar-refractivity contribution in [1.82, 2.24) is 14.8 Å². The molecule has 1 N–H and O–H groups in total. The van der Waals surface area contributed by atoms with Crippen molar-refractivity contribution in [2.45, 2.75) is 76.9 Å². The SMILES string of the molecule is C=CCn1c(CCC2CCCCC2)nnc1SCC(=O)Nc1sc(CC)cc1C(=O)OCC. The molecule has 0 radical (unpaired) electrons. The lowest BCUT2D eigenvalue weighted by atomic mass is 9.86. The number of nitrogens with one attached hydrogen (secondary N) is 1. The zero-order valence-electron chi connectivity index (χ0n) is 19.6. The molecule has 1 aliphatic rings. The molecule has 0 unspecified atom stereocenters. The van der Waals surface area contributed by atoms with Crippen LogP contribution in [-0.4, -0.2) is 39.0 Å². The standard InChI is InChI=1S/C24H34N4O3S2/c1-4-14-28-20(13-12-17-10-8-7-9-11-17)26-27-24(28)32-16-21(29)25-22-19(23(30)31-6-3)15-18(5-2)33-22/h4,15,17H,1,5-14,16H2,2-3H3,(H,25,29). The van der Waals surface area contributed by atoms with Crippen molar-refractivity contribution in [2.24, 2.45) is 5.92 Å². The van der Waals surface area contributed by atoms with E-state index in [2.05, 4.69) is 26.7 Å². The Hall–Kier alpha value is -2.13. The van der Waals surface area contributed by atoms with E-state index in [1.165, 1.54) is 55.2 Å². The molecule has 2 aromatic heterocycles. The third kappa shape index (κ3) is 7.17. The van der Waals surface area contributed by atoms with Crippen LogP contribution in [0.3, 0.4) is 0 Å². The molecule has 1 fully saturated rings. The predicted octanol–water partition coefficient (Wildman–Crippen LogP) is 5.51. The normalized spacial score (nSPS) is 14.2. The summed E-state index contributed by atoms with van der Waals surface area (Å²) in [4.78, 5) is 25.9. The Morgan fingerprint density at radius 1 is 1.30 bits per heavy atom. The third-order valence-electron chi connectivity index (χ3n) is 5.82. The molecule has 9 heteroatoms. The van der Waals surface area contributed by atoms with Crippen molar-refractivity contribution in [1.29, 1.82) is 0 Å². The highest BCUT2D eigenvalue weighted by Crippen LogP contribution is 2.30. The number of thiophene rings is 1. The molecule has 0 bridgehead atoms. The average molecular weight is 491 g/mol. The Balaban J connectivity index is 1.60. The van der Waals surface area contributed by atoms with E-state index in [4.69, 9.17) is 4.74 Å². The summed E-state index contributed by atoms with van der Waals surface area (Å²) in [6.45, 7) is 8.56. The first-order valence-corrected chi connectivity index (χ1v) is 13.6. The van der Waals surface area contributed by atoms with Crippen LogP contribution in [0.1, 0.15) is 73.4 Å². The molecular formula is C24H34N4O3S2. The van der Waals surface area contributed by atoms with Crippen LogP contribution in [0.15, 0.2) is 23.9 Å². The largest absolute Gasteiger partial charge is 0.462 e. The van der Waals surface area contributed by atoms with E-state index in [-0.39, 0.29) is 11.7 Å². The lowest BCUT2D eigenvalue weighted by molar-refractivity contribution is -0.113. The number of aryl methyl sites for hydroxylation is 2. The van der Waals surface area contributed by atoms with Gasteiger partial charge in [0.1, 0.15) is 10.8 Å². The van der Waals surface area contributed by atoms with Crippen LogP contribution in [0.4, 0.5) is 5.00 Å². The van der Waals surface area contributed by atoms with Crippen molar-refractivity contribution >= 4 is 40.0 Å². The fourth-order valence-corrected chi connectivity index (χ4v) is 5.86. The number of allylic oxidation sites excluding steroid dienone is 1. The fraction of sp³-hybridized carbons (Fsp3) is 0.583. The molecule has 0 atom stereocenters. The lowest BCUT2D eigenvalue weighted by Crippen LogP contribution is -2.16. The highest BCUT2D eigenvalue weighted by atomic mass is 32.2. The van der Waals surface area contributed by atoms with Gasteiger partial charge in [-0.2, -0.15) is 0 Å². The van der Waals surface area contributed by atoms with E-state index in [1.54, 1.807) is 13.0 Å². The van der Waals surface area contributed by atoms with E-state index >= 15 is 0 Å². The molecule has 1 amide bonds. The van der Waals surface area contributed by atoms with Crippen LogP contribution >= 0.6 is 23.1 Å². The Labute approximate surface area is 204 Å². The van der Waals surface area contributed by atoms with Crippen molar-refractivity contribution in [3.05, 3.63) is 35.0 Å². The minimum Gasteiger partial charge on any atom is -0.462 e. The molecule has 1 aliphatic carbocycles. The van der Waals surface area contributed by atoms with E-state index in [1.807, 2.05) is 13.0 Å². The summed E-state index contributed by atoms with van der Waals surface area (Å²) in [7, 11) is 0. The number of hydrogen-bond acceptors (Lipinski definition) is 7. The minimum atomic E-state index is -0.412. The quantitative estimate of drug-likeness (QED) is 0.240. The smallest absolute Gasteiger partial charge is 0.341 e. The van der Waals surface area contributed by atoms with Gasteiger partial charge in [-0.3, -0.25) is 4.79 Å². The first kappa shape index (κ1) is 25.5. The summed E-state index contributed by atoms with van der Waals surface area (Å²) < 4.78 is 7.18. The molecule has 0 aliphatic heterocycles. The van der Waals surface area contributed by atoms with Gasteiger partial charge in [0.05, 0.1) is 17.9 Å². The van der Waals surface area contributed by atoms with E-state index in [9.17, 15) is 9.59 Å². The Morgan fingerprint density at radius 3 is 2.79 bits per heavy atom. The monoisotopic (exact) mass is 490 g/mol. The molecule has 3 rings (SSSR count). The number of thioether (sulfide) groups is 1. The van der Waals surface area contributed by atoms with Crippen LogP contribution in [-0.2, 0) is 28.9 Å². The summed E-state index contributed by atoms with van der Waals surface area (Å²) in [5.41, 5.74) is 0.414. The number of aromatic nitrogens is 3.